The number of fused-ring (bicyclic) bond motifs is 2. The summed E-state index contributed by atoms with van der Waals surface area (Å²) in [4.78, 5) is 52.8. The number of thiazole rings is 1. The number of nitriles is 1. The molecule has 0 atom stereocenters. The number of nitrogens with one attached hydrogen (secondary N) is 2. The van der Waals surface area contributed by atoms with Crippen LogP contribution in [0.5, 0.6) is 0 Å². The number of hydrogen-bond acceptors (Lipinski definition) is 12. The van der Waals surface area contributed by atoms with Crippen LogP contribution in [0.2, 0.25) is 0 Å². The van der Waals surface area contributed by atoms with Crippen LogP contribution < -0.4 is 19.8 Å². The number of carbonyl (C=O) groups is 3. The van der Waals surface area contributed by atoms with Gasteiger partial charge >= 0.3 is 5.97 Å². The predicted molar refractivity (Wildman–Crippen MR) is 244 cm³/mol. The highest BCUT2D eigenvalue weighted by molar-refractivity contribution is 7.90. The van der Waals surface area contributed by atoms with E-state index in [1.54, 1.807) is 18.3 Å². The SMILES string of the molecule is Cc1c(-c2ccc(N3CCc4cccc(C(=O)Nc5nc6ccccc6s5)c4C3)nc2C(=O)NS(=O)(=O)c2ccc(N3CCC(C(=O)O)CC3)c(C#N)c2)cnn1CC1CCCCC1. The number of para-hydroxylation sites is 1. The number of pyridine rings is 1. The molecule has 1 saturated carbocycles. The van der Waals surface area contributed by atoms with E-state index in [1.165, 1.54) is 48.8 Å². The minimum atomic E-state index is -4.53. The topological polar surface area (TPSA) is 204 Å². The highest BCUT2D eigenvalue weighted by Gasteiger charge is 2.30. The van der Waals surface area contributed by atoms with Crippen LogP contribution in [0.3, 0.4) is 0 Å². The van der Waals surface area contributed by atoms with E-state index in [-0.39, 0.29) is 22.1 Å². The van der Waals surface area contributed by atoms with Crippen LogP contribution in [0.1, 0.15) is 88.2 Å². The Morgan fingerprint density at radius 1 is 0.891 bits per heavy atom. The number of hydrogen-bond donors (Lipinski definition) is 3. The molecule has 0 spiro atoms. The maximum atomic E-state index is 14.5. The van der Waals surface area contributed by atoms with E-state index in [0.717, 1.165) is 46.4 Å². The number of sulfonamides is 1. The van der Waals surface area contributed by atoms with E-state index in [1.807, 2.05) is 63.9 Å². The van der Waals surface area contributed by atoms with Crippen molar-refractivity contribution < 1.29 is 27.9 Å². The van der Waals surface area contributed by atoms with Gasteiger partial charge in [-0.15, -0.1) is 0 Å². The Bertz CT molecular complexity index is 2910. The first-order valence-corrected chi connectivity index (χ1v) is 23.9. The lowest BCUT2D eigenvalue weighted by molar-refractivity contribution is -0.142. The molecule has 2 fully saturated rings. The largest absolute Gasteiger partial charge is 0.481 e. The second kappa shape index (κ2) is 17.9. The van der Waals surface area contributed by atoms with Gasteiger partial charge in [0.25, 0.3) is 21.8 Å². The van der Waals surface area contributed by atoms with Crippen LogP contribution in [0, 0.1) is 30.1 Å². The Labute approximate surface area is 374 Å². The molecule has 0 radical (unpaired) electrons. The second-order valence-electron chi connectivity index (χ2n) is 16.8. The minimum absolute atomic E-state index is 0.0874. The maximum Gasteiger partial charge on any atom is 0.306 e. The highest BCUT2D eigenvalue weighted by Crippen LogP contribution is 2.34. The average Bonchev–Trinajstić information content (AvgIpc) is 3.89. The lowest BCUT2D eigenvalue weighted by atomic mass is 9.89. The third kappa shape index (κ3) is 8.67. The van der Waals surface area contributed by atoms with E-state index in [4.69, 9.17) is 10.1 Å². The molecule has 9 rings (SSSR count). The number of carboxylic acid groups (broad SMARTS) is 1. The lowest BCUT2D eigenvalue weighted by Gasteiger charge is -2.32. The monoisotopic (exact) mass is 897 g/mol. The van der Waals surface area contributed by atoms with Gasteiger partial charge < -0.3 is 14.9 Å². The summed E-state index contributed by atoms with van der Waals surface area (Å²) < 4.78 is 33.2. The van der Waals surface area contributed by atoms with Crippen molar-refractivity contribution in [3.8, 4) is 17.2 Å². The van der Waals surface area contributed by atoms with Crippen molar-refractivity contribution in [1.29, 1.82) is 5.26 Å². The quantitative estimate of drug-likeness (QED) is 0.115. The zero-order chi connectivity index (χ0) is 44.5. The van der Waals surface area contributed by atoms with Crippen molar-refractivity contribution in [2.24, 2.45) is 11.8 Å². The molecule has 3 aliphatic rings. The summed E-state index contributed by atoms with van der Waals surface area (Å²) >= 11 is 1.40. The summed E-state index contributed by atoms with van der Waals surface area (Å²) in [6, 6.07) is 23.1. The van der Waals surface area contributed by atoms with Gasteiger partial charge in [-0.05, 0) is 105 Å². The van der Waals surface area contributed by atoms with Gasteiger partial charge in [-0.1, -0.05) is 54.9 Å². The number of amides is 2. The zero-order valence-corrected chi connectivity index (χ0v) is 36.9. The van der Waals surface area contributed by atoms with Gasteiger partial charge in [0.1, 0.15) is 17.6 Å². The first-order chi connectivity index (χ1) is 30.9. The molecule has 3 aromatic carbocycles. The molecule has 2 amide bonds. The molecular weight excluding hydrogens is 851 g/mol. The number of carbonyl (C=O) groups excluding carboxylic acids is 2. The normalized spacial score (nSPS) is 16.0. The van der Waals surface area contributed by atoms with Crippen molar-refractivity contribution in [3.63, 3.8) is 0 Å². The van der Waals surface area contributed by atoms with Gasteiger partial charge in [-0.3, -0.25) is 24.4 Å². The highest BCUT2D eigenvalue weighted by atomic mass is 32.2. The second-order valence-corrected chi connectivity index (χ2v) is 19.5. The van der Waals surface area contributed by atoms with Crippen LogP contribution in [0.25, 0.3) is 21.3 Å². The van der Waals surface area contributed by atoms with Crippen LogP contribution >= 0.6 is 11.3 Å². The smallest absolute Gasteiger partial charge is 0.306 e. The fourth-order valence-corrected chi connectivity index (χ4v) is 11.1. The molecular formula is C47H47N9O6S2. The summed E-state index contributed by atoms with van der Waals surface area (Å²) in [6.07, 6.45) is 8.94. The van der Waals surface area contributed by atoms with E-state index < -0.39 is 27.8 Å². The molecule has 0 unspecified atom stereocenters. The summed E-state index contributed by atoms with van der Waals surface area (Å²) in [6.45, 7) is 4.31. The summed E-state index contributed by atoms with van der Waals surface area (Å²) in [5.41, 5.74) is 5.48. The van der Waals surface area contributed by atoms with Gasteiger partial charge in [0.2, 0.25) is 0 Å². The molecule has 0 bridgehead atoms. The third-order valence-electron chi connectivity index (χ3n) is 12.8. The summed E-state index contributed by atoms with van der Waals surface area (Å²) in [5.74, 6) is -1.67. The van der Waals surface area contributed by atoms with E-state index in [9.17, 15) is 33.2 Å². The molecule has 328 valence electrons. The number of piperidine rings is 1. The van der Waals surface area contributed by atoms with Crippen LogP contribution in [-0.4, -0.2) is 70.7 Å². The number of benzene rings is 3. The first-order valence-electron chi connectivity index (χ1n) is 21.6. The maximum absolute atomic E-state index is 14.5. The van der Waals surface area contributed by atoms with Crippen LogP contribution in [0.15, 0.2) is 83.9 Å². The Morgan fingerprint density at radius 3 is 2.45 bits per heavy atom. The fraction of sp³-hybridized carbons (Fsp3) is 0.340. The van der Waals surface area contributed by atoms with E-state index in [2.05, 4.69) is 21.1 Å². The molecule has 6 aromatic rings. The number of rotatable bonds is 11. The molecule has 64 heavy (non-hydrogen) atoms. The molecule has 1 aliphatic carbocycles. The van der Waals surface area contributed by atoms with Crippen molar-refractivity contribution in [2.45, 2.75) is 76.3 Å². The number of aliphatic carboxylic acids is 1. The van der Waals surface area contributed by atoms with Crippen LogP contribution in [-0.2, 0) is 34.3 Å². The Hall–Kier alpha value is -6.64. The molecule has 15 nitrogen and oxygen atoms in total. The van der Waals surface area contributed by atoms with Crippen LogP contribution in [0.4, 0.5) is 16.6 Å². The molecule has 3 aromatic heterocycles. The number of aromatic nitrogens is 4. The Balaban J connectivity index is 1.01. The van der Waals surface area contributed by atoms with Gasteiger partial charge in [-0.2, -0.15) is 10.4 Å². The van der Waals surface area contributed by atoms with Gasteiger partial charge in [-0.25, -0.2) is 23.1 Å². The molecule has 2 aliphatic heterocycles. The van der Waals surface area contributed by atoms with Crippen molar-refractivity contribution in [2.75, 3.05) is 34.8 Å². The molecule has 5 heterocycles. The number of carboxylic acids is 1. The predicted octanol–water partition coefficient (Wildman–Crippen LogP) is 7.55. The Kier molecular flexibility index (Phi) is 11.9. The van der Waals surface area contributed by atoms with Gasteiger partial charge in [0.15, 0.2) is 5.13 Å². The molecule has 1 saturated heterocycles. The van der Waals surface area contributed by atoms with Crippen molar-refractivity contribution in [1.82, 2.24) is 24.5 Å². The van der Waals surface area contributed by atoms with Gasteiger partial charge in [0, 0.05) is 55.1 Å². The molecule has 3 N–H and O–H groups in total. The van der Waals surface area contributed by atoms with Crippen molar-refractivity contribution in [3.05, 3.63) is 113 Å². The number of nitrogens with zero attached hydrogens (tertiary/aromatic N) is 7. The standard InChI is InChI=1S/C47H47N9O6S2/c1-29-37(26-49-56(29)27-30-8-3-2-4-9-30)35-15-17-42(55-23-18-31-10-7-11-36(38(31)28-55)44(57)52-47-50-39-12-5-6-13-41(39)63-47)51-43(35)45(58)53-64(61,62)34-14-16-40(33(24-34)25-48)54-21-19-32(20-22-54)46(59)60/h5-7,10-17,24,26,30,32H,2-4,8-9,18-23,27-28H2,1H3,(H,53,58)(H,59,60)(H,50,52,57). The minimum Gasteiger partial charge on any atom is -0.481 e. The number of anilines is 3. The first kappa shape index (κ1) is 42.7. The van der Waals surface area contributed by atoms with Gasteiger partial charge in [0.05, 0.1) is 38.5 Å². The van der Waals surface area contributed by atoms with Crippen molar-refractivity contribution >= 4 is 66.0 Å². The van der Waals surface area contributed by atoms with E-state index in [0.29, 0.717) is 84.7 Å². The lowest BCUT2D eigenvalue weighted by Crippen LogP contribution is -2.37. The summed E-state index contributed by atoms with van der Waals surface area (Å²) in [5, 5.41) is 27.7. The Morgan fingerprint density at radius 2 is 1.69 bits per heavy atom. The third-order valence-corrected chi connectivity index (χ3v) is 15.1. The summed E-state index contributed by atoms with van der Waals surface area (Å²) in [7, 11) is -4.53. The average molecular weight is 898 g/mol. The van der Waals surface area contributed by atoms with E-state index >= 15 is 0 Å². The fourth-order valence-electron chi connectivity index (χ4n) is 9.25. The molecule has 17 heteroatoms. The zero-order valence-electron chi connectivity index (χ0n) is 35.3.